The lowest BCUT2D eigenvalue weighted by molar-refractivity contribution is 0.112. The maximum Gasteiger partial charge on any atom is 0.152 e. The molecule has 0 spiro atoms. The summed E-state index contributed by atoms with van der Waals surface area (Å²) in [6, 6.07) is 15.3. The Labute approximate surface area is 134 Å². The molecule has 0 saturated heterocycles. The molecule has 0 amide bonds. The molecule has 0 atom stereocenters. The van der Waals surface area contributed by atoms with Gasteiger partial charge in [-0.2, -0.15) is 0 Å². The number of aldehydes is 1. The molecule has 0 N–H and O–H groups in total. The van der Waals surface area contributed by atoms with Crippen molar-refractivity contribution in [2.45, 2.75) is 13.5 Å². The summed E-state index contributed by atoms with van der Waals surface area (Å²) in [6.07, 6.45) is 0.920. The van der Waals surface area contributed by atoms with Gasteiger partial charge >= 0.3 is 0 Å². The van der Waals surface area contributed by atoms with Crippen molar-refractivity contribution in [1.29, 1.82) is 0 Å². The molecular formula is C18H16ClNO2. The van der Waals surface area contributed by atoms with E-state index in [0.29, 0.717) is 23.9 Å². The van der Waals surface area contributed by atoms with Crippen LogP contribution >= 0.6 is 11.6 Å². The second-order valence-electron chi connectivity index (χ2n) is 5.06. The summed E-state index contributed by atoms with van der Waals surface area (Å²) in [7, 11) is 0. The van der Waals surface area contributed by atoms with E-state index in [1.165, 1.54) is 0 Å². The predicted octanol–water partition coefficient (Wildman–Crippen LogP) is 4.49. The van der Waals surface area contributed by atoms with Gasteiger partial charge in [0.05, 0.1) is 11.6 Å². The Hall–Kier alpha value is -2.26. The first-order chi connectivity index (χ1) is 10.7. The molecule has 0 aliphatic carbocycles. The monoisotopic (exact) mass is 313 g/mol. The number of ether oxygens (including phenoxy) is 1. The highest BCUT2D eigenvalue weighted by Crippen LogP contribution is 2.25. The Morgan fingerprint density at radius 2 is 1.86 bits per heavy atom. The number of fused-ring (bicyclic) bond motifs is 1. The van der Waals surface area contributed by atoms with Crippen molar-refractivity contribution in [3.05, 3.63) is 64.8 Å². The maximum atomic E-state index is 11.3. The lowest BCUT2D eigenvalue weighted by Crippen LogP contribution is -2.09. The van der Waals surface area contributed by atoms with Crippen LogP contribution in [0.1, 0.15) is 16.1 Å². The highest BCUT2D eigenvalue weighted by atomic mass is 35.5. The van der Waals surface area contributed by atoms with Crippen molar-refractivity contribution in [3.63, 3.8) is 0 Å². The molecule has 0 fully saturated rings. The van der Waals surface area contributed by atoms with Gasteiger partial charge in [-0.05, 0) is 25.1 Å². The third-order valence-corrected chi connectivity index (χ3v) is 4.12. The van der Waals surface area contributed by atoms with Crippen LogP contribution in [0.15, 0.2) is 48.5 Å². The normalized spacial score (nSPS) is 10.8. The number of nitrogens with zero attached hydrogens (tertiary/aromatic N) is 1. The van der Waals surface area contributed by atoms with Crippen LogP contribution in [0.25, 0.3) is 10.9 Å². The Morgan fingerprint density at radius 3 is 2.64 bits per heavy atom. The van der Waals surface area contributed by atoms with Crippen LogP contribution in [-0.2, 0) is 6.54 Å². The number of carbonyl (C=O) groups excluding carboxylic acids is 1. The standard InChI is InChI=1S/C18H16ClNO2/c1-13-15(12-21)14-6-2-4-8-17(14)20(13)10-11-22-18-9-5-3-7-16(18)19/h2-9,12H,10-11H2,1H3. The number of aromatic nitrogens is 1. The third-order valence-electron chi connectivity index (χ3n) is 3.81. The fraction of sp³-hybridized carbons (Fsp3) is 0.167. The average Bonchev–Trinajstić information content (AvgIpc) is 2.81. The molecule has 0 radical (unpaired) electrons. The molecule has 3 aromatic rings. The predicted molar refractivity (Wildman–Crippen MR) is 89.0 cm³/mol. The summed E-state index contributed by atoms with van der Waals surface area (Å²) in [5, 5.41) is 1.58. The Morgan fingerprint density at radius 1 is 1.14 bits per heavy atom. The lowest BCUT2D eigenvalue weighted by atomic mass is 10.1. The molecule has 2 aromatic carbocycles. The largest absolute Gasteiger partial charge is 0.490 e. The van der Waals surface area contributed by atoms with E-state index in [2.05, 4.69) is 4.57 Å². The van der Waals surface area contributed by atoms with Gasteiger partial charge in [-0.3, -0.25) is 4.79 Å². The first-order valence-electron chi connectivity index (χ1n) is 7.12. The van der Waals surface area contributed by atoms with E-state index in [4.69, 9.17) is 16.3 Å². The minimum Gasteiger partial charge on any atom is -0.490 e. The molecular weight excluding hydrogens is 298 g/mol. The zero-order valence-electron chi connectivity index (χ0n) is 12.3. The molecule has 0 unspecified atom stereocenters. The van der Waals surface area contributed by atoms with Crippen molar-refractivity contribution in [1.82, 2.24) is 4.57 Å². The summed E-state index contributed by atoms with van der Waals surface area (Å²) < 4.78 is 7.85. The van der Waals surface area contributed by atoms with Gasteiger partial charge in [0.25, 0.3) is 0 Å². The fourth-order valence-corrected chi connectivity index (χ4v) is 2.89. The molecule has 0 bridgehead atoms. The SMILES string of the molecule is Cc1c(C=O)c2ccccc2n1CCOc1ccccc1Cl. The molecule has 3 nitrogen and oxygen atoms in total. The topological polar surface area (TPSA) is 31.2 Å². The number of hydrogen-bond donors (Lipinski definition) is 0. The smallest absolute Gasteiger partial charge is 0.152 e. The summed E-state index contributed by atoms with van der Waals surface area (Å²) in [6.45, 7) is 3.10. The molecule has 0 aliphatic rings. The second-order valence-corrected chi connectivity index (χ2v) is 5.47. The second kappa shape index (κ2) is 6.24. The van der Waals surface area contributed by atoms with Crippen molar-refractivity contribution in [2.75, 3.05) is 6.61 Å². The van der Waals surface area contributed by atoms with Gasteiger partial charge in [-0.15, -0.1) is 0 Å². The Kier molecular flexibility index (Phi) is 4.16. The molecule has 112 valence electrons. The van der Waals surface area contributed by atoms with E-state index in [9.17, 15) is 4.79 Å². The van der Waals surface area contributed by atoms with Gasteiger partial charge in [0.2, 0.25) is 0 Å². The number of carbonyl (C=O) groups is 1. The summed E-state index contributed by atoms with van der Waals surface area (Å²) >= 11 is 6.08. The van der Waals surface area contributed by atoms with Crippen molar-refractivity contribution >= 4 is 28.8 Å². The molecule has 22 heavy (non-hydrogen) atoms. The van der Waals surface area contributed by atoms with Crippen molar-refractivity contribution < 1.29 is 9.53 Å². The van der Waals surface area contributed by atoms with Crippen LogP contribution in [0.2, 0.25) is 5.02 Å². The van der Waals surface area contributed by atoms with Gasteiger partial charge in [-0.1, -0.05) is 41.9 Å². The van der Waals surface area contributed by atoms with Crippen LogP contribution in [0.5, 0.6) is 5.75 Å². The first kappa shape index (κ1) is 14.7. The molecule has 4 heteroatoms. The quantitative estimate of drug-likeness (QED) is 0.650. The molecule has 0 aliphatic heterocycles. The highest BCUT2D eigenvalue weighted by molar-refractivity contribution is 6.32. The molecule has 1 heterocycles. The van der Waals surface area contributed by atoms with Crippen molar-refractivity contribution in [3.8, 4) is 5.75 Å². The van der Waals surface area contributed by atoms with Crippen molar-refractivity contribution in [2.24, 2.45) is 0 Å². The van der Waals surface area contributed by atoms with E-state index in [1.54, 1.807) is 6.07 Å². The van der Waals surface area contributed by atoms with E-state index in [1.807, 2.05) is 49.4 Å². The van der Waals surface area contributed by atoms with Crippen LogP contribution in [0.4, 0.5) is 0 Å². The number of para-hydroxylation sites is 2. The average molecular weight is 314 g/mol. The number of benzene rings is 2. The Balaban J connectivity index is 1.84. The summed E-state index contributed by atoms with van der Waals surface area (Å²) in [5.74, 6) is 0.675. The van der Waals surface area contributed by atoms with E-state index < -0.39 is 0 Å². The van der Waals surface area contributed by atoms with Crippen LogP contribution in [-0.4, -0.2) is 17.5 Å². The van der Waals surface area contributed by atoms with E-state index in [-0.39, 0.29) is 0 Å². The van der Waals surface area contributed by atoms with Gasteiger partial charge in [0.1, 0.15) is 12.4 Å². The van der Waals surface area contributed by atoms with Gasteiger partial charge in [0.15, 0.2) is 6.29 Å². The summed E-state index contributed by atoms with van der Waals surface area (Å²) in [5.41, 5.74) is 2.75. The zero-order chi connectivity index (χ0) is 15.5. The number of hydrogen-bond acceptors (Lipinski definition) is 2. The number of halogens is 1. The van der Waals surface area contributed by atoms with Crippen LogP contribution in [0, 0.1) is 6.92 Å². The maximum absolute atomic E-state index is 11.3. The molecule has 3 rings (SSSR count). The minimum atomic E-state index is 0.488. The lowest BCUT2D eigenvalue weighted by Gasteiger charge is -2.11. The third kappa shape index (κ3) is 2.60. The van der Waals surface area contributed by atoms with Gasteiger partial charge in [-0.25, -0.2) is 0 Å². The number of rotatable bonds is 5. The van der Waals surface area contributed by atoms with Crippen LogP contribution in [0.3, 0.4) is 0 Å². The van der Waals surface area contributed by atoms with E-state index >= 15 is 0 Å². The minimum absolute atomic E-state index is 0.488. The van der Waals surface area contributed by atoms with Crippen LogP contribution < -0.4 is 4.74 Å². The summed E-state index contributed by atoms with van der Waals surface area (Å²) in [4.78, 5) is 11.3. The zero-order valence-corrected chi connectivity index (χ0v) is 13.0. The van der Waals surface area contributed by atoms with E-state index in [0.717, 1.165) is 28.4 Å². The first-order valence-corrected chi connectivity index (χ1v) is 7.50. The Bertz CT molecular complexity index is 823. The van der Waals surface area contributed by atoms with Gasteiger partial charge < -0.3 is 9.30 Å². The molecule has 0 saturated carbocycles. The van der Waals surface area contributed by atoms with Gasteiger partial charge in [0, 0.05) is 22.2 Å². The highest BCUT2D eigenvalue weighted by Gasteiger charge is 2.12. The molecule has 1 aromatic heterocycles. The fourth-order valence-electron chi connectivity index (χ4n) is 2.70.